The highest BCUT2D eigenvalue weighted by Crippen LogP contribution is 2.37. The second-order valence-corrected chi connectivity index (χ2v) is 3.36. The molecule has 0 fully saturated rings. The third-order valence-corrected chi connectivity index (χ3v) is 2.36. The number of nitro benzene ring substituents is 1. The van der Waals surface area contributed by atoms with Gasteiger partial charge in [0, 0.05) is 17.7 Å². The van der Waals surface area contributed by atoms with Crippen molar-refractivity contribution in [2.45, 2.75) is 19.4 Å². The van der Waals surface area contributed by atoms with E-state index in [-0.39, 0.29) is 29.6 Å². The van der Waals surface area contributed by atoms with E-state index in [0.717, 1.165) is 0 Å². The summed E-state index contributed by atoms with van der Waals surface area (Å²) < 4.78 is 4.86. The Morgan fingerprint density at radius 3 is 2.59 bits per heavy atom. The second-order valence-electron chi connectivity index (χ2n) is 3.36. The Labute approximate surface area is 105 Å². The van der Waals surface area contributed by atoms with Gasteiger partial charge in [-0.05, 0) is 6.42 Å². The molecule has 0 aliphatic carbocycles. The van der Waals surface area contributed by atoms with Crippen LogP contribution in [0.4, 0.5) is 5.69 Å². The summed E-state index contributed by atoms with van der Waals surface area (Å²) in [5.41, 5.74) is 5.93. The van der Waals surface area contributed by atoms with Gasteiger partial charge >= 0.3 is 0 Å². The molecule has 6 nitrogen and oxygen atoms in total. The number of halogens is 1. The molecule has 0 aliphatic rings. The van der Waals surface area contributed by atoms with Crippen LogP contribution in [0.2, 0.25) is 0 Å². The SMILES string of the molecule is CC[C@H](N)c1cc([N+](=O)[O-])cc(OC)c1O.Cl. The lowest BCUT2D eigenvalue weighted by Gasteiger charge is -2.13. The van der Waals surface area contributed by atoms with Gasteiger partial charge in [0.25, 0.3) is 5.69 Å². The number of benzene rings is 1. The van der Waals surface area contributed by atoms with Crippen molar-refractivity contribution in [1.29, 1.82) is 0 Å². The molecule has 1 rings (SSSR count). The number of rotatable bonds is 4. The standard InChI is InChI=1S/C10H14N2O4.ClH/c1-3-8(11)7-4-6(12(14)15)5-9(16-2)10(7)13;/h4-5,8,13H,3,11H2,1-2H3;1H/t8-;/m0./s1. The zero-order chi connectivity index (χ0) is 12.3. The van der Waals surface area contributed by atoms with Crippen molar-refractivity contribution < 1.29 is 14.8 Å². The summed E-state index contributed by atoms with van der Waals surface area (Å²) in [6.07, 6.45) is 0.567. The van der Waals surface area contributed by atoms with E-state index in [1.54, 1.807) is 0 Å². The van der Waals surface area contributed by atoms with E-state index in [1.807, 2.05) is 6.92 Å². The quantitative estimate of drug-likeness (QED) is 0.640. The number of nitrogens with two attached hydrogens (primary N) is 1. The van der Waals surface area contributed by atoms with Gasteiger partial charge in [-0.1, -0.05) is 6.92 Å². The number of nitrogens with zero attached hydrogens (tertiary/aromatic N) is 1. The maximum absolute atomic E-state index is 10.7. The summed E-state index contributed by atoms with van der Waals surface area (Å²) in [5.74, 6) is -0.0736. The van der Waals surface area contributed by atoms with Crippen LogP contribution in [0.5, 0.6) is 11.5 Å². The van der Waals surface area contributed by atoms with Crippen molar-refractivity contribution in [3.05, 3.63) is 27.8 Å². The van der Waals surface area contributed by atoms with Gasteiger partial charge in [0.2, 0.25) is 0 Å². The molecule has 0 aromatic heterocycles. The zero-order valence-electron chi connectivity index (χ0n) is 9.54. The van der Waals surface area contributed by atoms with Gasteiger partial charge in [0.15, 0.2) is 11.5 Å². The normalized spacial score (nSPS) is 11.5. The lowest BCUT2D eigenvalue weighted by Crippen LogP contribution is -2.09. The first-order valence-corrected chi connectivity index (χ1v) is 4.82. The minimum absolute atomic E-state index is 0. The fraction of sp³-hybridized carbons (Fsp3) is 0.400. The molecule has 3 N–H and O–H groups in total. The first-order valence-electron chi connectivity index (χ1n) is 4.82. The van der Waals surface area contributed by atoms with E-state index in [1.165, 1.54) is 19.2 Å². The summed E-state index contributed by atoms with van der Waals surface area (Å²) in [7, 11) is 1.33. The smallest absolute Gasteiger partial charge is 0.273 e. The lowest BCUT2D eigenvalue weighted by atomic mass is 10.0. The van der Waals surface area contributed by atoms with Gasteiger partial charge in [-0.25, -0.2) is 0 Å². The maximum Gasteiger partial charge on any atom is 0.273 e. The van der Waals surface area contributed by atoms with Crippen LogP contribution >= 0.6 is 12.4 Å². The Kier molecular flexibility index (Phi) is 5.70. The first kappa shape index (κ1) is 15.5. The van der Waals surface area contributed by atoms with Crippen molar-refractivity contribution in [1.82, 2.24) is 0 Å². The molecular weight excluding hydrogens is 248 g/mol. The molecule has 1 atom stereocenters. The number of non-ortho nitro benzene ring substituents is 1. The van der Waals surface area contributed by atoms with Gasteiger partial charge in [-0.3, -0.25) is 10.1 Å². The topological polar surface area (TPSA) is 98.6 Å². The minimum Gasteiger partial charge on any atom is -0.504 e. The van der Waals surface area contributed by atoms with Gasteiger partial charge in [-0.2, -0.15) is 0 Å². The molecule has 0 saturated carbocycles. The molecule has 0 unspecified atom stereocenters. The van der Waals surface area contributed by atoms with Crippen LogP contribution in [0.15, 0.2) is 12.1 Å². The summed E-state index contributed by atoms with van der Waals surface area (Å²) in [6.45, 7) is 1.83. The number of ether oxygens (including phenoxy) is 1. The van der Waals surface area contributed by atoms with Gasteiger partial charge in [0.05, 0.1) is 18.1 Å². The molecule has 7 heteroatoms. The van der Waals surface area contributed by atoms with Crippen molar-refractivity contribution in [2.24, 2.45) is 5.73 Å². The number of aromatic hydroxyl groups is 1. The summed E-state index contributed by atoms with van der Waals surface area (Å²) in [6, 6.07) is 1.99. The Balaban J connectivity index is 0.00000256. The highest BCUT2D eigenvalue weighted by atomic mass is 35.5. The number of phenols is 1. The van der Waals surface area contributed by atoms with E-state index in [2.05, 4.69) is 0 Å². The van der Waals surface area contributed by atoms with Crippen LogP contribution in [0.25, 0.3) is 0 Å². The number of hydrogen-bond donors (Lipinski definition) is 2. The maximum atomic E-state index is 10.7. The summed E-state index contributed by atoms with van der Waals surface area (Å²) in [4.78, 5) is 10.1. The van der Waals surface area contributed by atoms with Crippen LogP contribution in [0.3, 0.4) is 0 Å². The number of methoxy groups -OCH3 is 1. The molecule has 0 spiro atoms. The largest absolute Gasteiger partial charge is 0.504 e. The monoisotopic (exact) mass is 262 g/mol. The van der Waals surface area contributed by atoms with Crippen molar-refractivity contribution in [3.8, 4) is 11.5 Å². The summed E-state index contributed by atoms with van der Waals surface area (Å²) >= 11 is 0. The average molecular weight is 263 g/mol. The Bertz CT molecular complexity index is 412. The molecule has 1 aromatic carbocycles. The van der Waals surface area contributed by atoms with E-state index in [0.29, 0.717) is 12.0 Å². The van der Waals surface area contributed by atoms with Crippen LogP contribution in [0.1, 0.15) is 24.9 Å². The predicted octanol–water partition coefficient (Wildman–Crippen LogP) is 2.14. The summed E-state index contributed by atoms with van der Waals surface area (Å²) in [5, 5.41) is 20.4. The number of hydrogen-bond acceptors (Lipinski definition) is 5. The molecule has 0 bridgehead atoms. The highest BCUT2D eigenvalue weighted by molar-refractivity contribution is 5.85. The van der Waals surface area contributed by atoms with E-state index in [4.69, 9.17) is 10.5 Å². The third-order valence-electron chi connectivity index (χ3n) is 2.36. The second kappa shape index (κ2) is 6.27. The predicted molar refractivity (Wildman–Crippen MR) is 65.8 cm³/mol. The molecule has 17 heavy (non-hydrogen) atoms. The zero-order valence-corrected chi connectivity index (χ0v) is 10.4. The van der Waals surface area contributed by atoms with Crippen LogP contribution in [-0.4, -0.2) is 17.1 Å². The van der Waals surface area contributed by atoms with Gasteiger partial charge in [-0.15, -0.1) is 12.4 Å². The molecule has 0 aliphatic heterocycles. The first-order chi connectivity index (χ1) is 7.51. The number of phenolic OH excluding ortho intramolecular Hbond substituents is 1. The molecule has 0 amide bonds. The van der Waals surface area contributed by atoms with Crippen molar-refractivity contribution in [3.63, 3.8) is 0 Å². The van der Waals surface area contributed by atoms with Gasteiger partial charge in [0.1, 0.15) is 0 Å². The van der Waals surface area contributed by atoms with E-state index >= 15 is 0 Å². The third kappa shape index (κ3) is 3.21. The Morgan fingerprint density at radius 1 is 1.59 bits per heavy atom. The molecule has 0 saturated heterocycles. The van der Waals surface area contributed by atoms with Crippen LogP contribution < -0.4 is 10.5 Å². The number of nitro groups is 1. The Hall–Kier alpha value is -1.53. The molecule has 1 aromatic rings. The van der Waals surface area contributed by atoms with Crippen molar-refractivity contribution in [2.75, 3.05) is 7.11 Å². The fourth-order valence-electron chi connectivity index (χ4n) is 1.38. The van der Waals surface area contributed by atoms with Crippen LogP contribution in [0, 0.1) is 10.1 Å². The van der Waals surface area contributed by atoms with Gasteiger partial charge < -0.3 is 15.6 Å². The average Bonchev–Trinajstić information content (AvgIpc) is 2.28. The van der Waals surface area contributed by atoms with E-state index in [9.17, 15) is 15.2 Å². The fourth-order valence-corrected chi connectivity index (χ4v) is 1.38. The van der Waals surface area contributed by atoms with Crippen LogP contribution in [-0.2, 0) is 0 Å². The molecule has 0 radical (unpaired) electrons. The van der Waals surface area contributed by atoms with Crippen molar-refractivity contribution >= 4 is 18.1 Å². The highest BCUT2D eigenvalue weighted by Gasteiger charge is 2.19. The molecule has 0 heterocycles. The lowest BCUT2D eigenvalue weighted by molar-refractivity contribution is -0.385. The molecule has 96 valence electrons. The van der Waals surface area contributed by atoms with E-state index < -0.39 is 11.0 Å². The molecular formula is C10H15ClN2O4. The minimum atomic E-state index is -0.548. The Morgan fingerprint density at radius 2 is 2.18 bits per heavy atom.